The van der Waals surface area contributed by atoms with E-state index in [1.165, 1.54) is 12.1 Å². The molecule has 0 bridgehead atoms. The van der Waals surface area contributed by atoms with Crippen molar-refractivity contribution in [3.8, 4) is 11.8 Å². The highest BCUT2D eigenvalue weighted by atomic mass is 16.6. The highest BCUT2D eigenvalue weighted by Crippen LogP contribution is 2.27. The third-order valence-corrected chi connectivity index (χ3v) is 4.18. The number of rotatable bonds is 1. The Morgan fingerprint density at radius 1 is 0.720 bits per heavy atom. The van der Waals surface area contributed by atoms with E-state index in [2.05, 4.69) is 42.2 Å². The molecule has 0 aliphatic rings. The first-order valence-corrected chi connectivity index (χ1v) is 7.89. The summed E-state index contributed by atoms with van der Waals surface area (Å²) in [4.78, 5) is 10.3. The summed E-state index contributed by atoms with van der Waals surface area (Å²) in [6, 6.07) is 24.8. The molecule has 0 radical (unpaired) electrons. The maximum Gasteiger partial charge on any atom is 0.269 e. The maximum absolute atomic E-state index is 10.8. The highest BCUT2D eigenvalue weighted by Gasteiger charge is 2.05. The highest BCUT2D eigenvalue weighted by molar-refractivity contribution is 6.04. The van der Waals surface area contributed by atoms with Crippen molar-refractivity contribution in [3.63, 3.8) is 0 Å². The predicted molar refractivity (Wildman–Crippen MR) is 101 cm³/mol. The van der Waals surface area contributed by atoms with Gasteiger partial charge in [-0.1, -0.05) is 60.4 Å². The van der Waals surface area contributed by atoms with Gasteiger partial charge in [-0.25, -0.2) is 0 Å². The summed E-state index contributed by atoms with van der Waals surface area (Å²) in [5.74, 6) is 6.41. The van der Waals surface area contributed by atoms with Crippen LogP contribution < -0.4 is 0 Å². The fourth-order valence-corrected chi connectivity index (χ4v) is 2.95. The number of nitro benzene ring substituents is 1. The van der Waals surface area contributed by atoms with Crippen LogP contribution in [0.15, 0.2) is 78.9 Å². The smallest absolute Gasteiger partial charge is 0.258 e. The van der Waals surface area contributed by atoms with Crippen LogP contribution in [0.5, 0.6) is 0 Å². The van der Waals surface area contributed by atoms with Crippen LogP contribution in [0.25, 0.3) is 21.5 Å². The molecule has 0 unspecified atom stereocenters. The second-order valence-electron chi connectivity index (χ2n) is 5.75. The first-order valence-electron chi connectivity index (χ1n) is 7.89. The van der Waals surface area contributed by atoms with E-state index in [-0.39, 0.29) is 5.69 Å². The first-order chi connectivity index (χ1) is 12.2. The van der Waals surface area contributed by atoms with E-state index < -0.39 is 4.92 Å². The van der Waals surface area contributed by atoms with Gasteiger partial charge in [0.2, 0.25) is 0 Å². The number of nitrogens with zero attached hydrogens (tertiary/aromatic N) is 1. The molecule has 0 amide bonds. The van der Waals surface area contributed by atoms with Crippen molar-refractivity contribution in [2.75, 3.05) is 0 Å². The first kappa shape index (κ1) is 14.9. The quantitative estimate of drug-likeness (QED) is 0.206. The Balaban J connectivity index is 1.89. The number of hydrogen-bond acceptors (Lipinski definition) is 2. The normalized spacial score (nSPS) is 10.4. The van der Waals surface area contributed by atoms with Crippen LogP contribution in [0.2, 0.25) is 0 Å². The molecule has 0 fully saturated rings. The van der Waals surface area contributed by atoms with E-state index >= 15 is 0 Å². The molecule has 0 saturated heterocycles. The summed E-state index contributed by atoms with van der Waals surface area (Å²) < 4.78 is 0. The molecule has 4 aromatic rings. The molecule has 0 aliphatic carbocycles. The van der Waals surface area contributed by atoms with Gasteiger partial charge in [-0.05, 0) is 39.7 Å². The molecule has 0 atom stereocenters. The van der Waals surface area contributed by atoms with Crippen LogP contribution in [0, 0.1) is 22.0 Å². The van der Waals surface area contributed by atoms with Crippen molar-refractivity contribution in [1.29, 1.82) is 0 Å². The van der Waals surface area contributed by atoms with Crippen molar-refractivity contribution >= 4 is 27.2 Å². The van der Waals surface area contributed by atoms with E-state index in [1.807, 2.05) is 24.3 Å². The number of hydrogen-bond donors (Lipinski definition) is 0. The topological polar surface area (TPSA) is 43.1 Å². The van der Waals surface area contributed by atoms with E-state index in [4.69, 9.17) is 0 Å². The van der Waals surface area contributed by atoms with Crippen LogP contribution in [0.1, 0.15) is 11.1 Å². The number of non-ortho nitro benzene ring substituents is 1. The van der Waals surface area contributed by atoms with Crippen molar-refractivity contribution in [1.82, 2.24) is 0 Å². The third kappa shape index (κ3) is 2.82. The summed E-state index contributed by atoms with van der Waals surface area (Å²) in [5.41, 5.74) is 1.80. The number of benzene rings is 4. The fraction of sp³-hybridized carbons (Fsp3) is 0. The van der Waals surface area contributed by atoms with Crippen molar-refractivity contribution in [3.05, 3.63) is 100 Å². The van der Waals surface area contributed by atoms with Gasteiger partial charge in [0, 0.05) is 23.3 Å². The maximum atomic E-state index is 10.8. The zero-order valence-corrected chi connectivity index (χ0v) is 13.3. The van der Waals surface area contributed by atoms with Crippen molar-refractivity contribution < 1.29 is 4.92 Å². The molecule has 0 aromatic heterocycles. The summed E-state index contributed by atoms with van der Waals surface area (Å²) in [5, 5.41) is 15.3. The van der Waals surface area contributed by atoms with Crippen LogP contribution in [0.4, 0.5) is 5.69 Å². The SMILES string of the molecule is O=[N+]([O-])c1ccc(C#Cc2c3ccccc3cc3ccccc23)cc1. The lowest BCUT2D eigenvalue weighted by molar-refractivity contribution is -0.384. The molecule has 3 heteroatoms. The molecule has 0 spiro atoms. The van der Waals surface area contributed by atoms with Gasteiger partial charge in [0.15, 0.2) is 0 Å². The Morgan fingerprint density at radius 3 is 1.84 bits per heavy atom. The number of nitro groups is 1. The van der Waals surface area contributed by atoms with Gasteiger partial charge in [-0.15, -0.1) is 0 Å². The Morgan fingerprint density at radius 2 is 1.28 bits per heavy atom. The second-order valence-corrected chi connectivity index (χ2v) is 5.75. The monoisotopic (exact) mass is 323 g/mol. The largest absolute Gasteiger partial charge is 0.269 e. The lowest BCUT2D eigenvalue weighted by atomic mass is 9.97. The molecule has 4 aromatic carbocycles. The van der Waals surface area contributed by atoms with Gasteiger partial charge in [0.1, 0.15) is 0 Å². The predicted octanol–water partition coefficient (Wildman–Crippen LogP) is 5.30. The zero-order valence-electron chi connectivity index (χ0n) is 13.3. The summed E-state index contributed by atoms with van der Waals surface area (Å²) in [7, 11) is 0. The summed E-state index contributed by atoms with van der Waals surface area (Å²) >= 11 is 0. The summed E-state index contributed by atoms with van der Waals surface area (Å²) in [6.07, 6.45) is 0. The lowest BCUT2D eigenvalue weighted by Crippen LogP contribution is -1.87. The lowest BCUT2D eigenvalue weighted by Gasteiger charge is -2.06. The molecular formula is C22H13NO2. The van der Waals surface area contributed by atoms with Crippen LogP contribution in [-0.4, -0.2) is 4.92 Å². The standard InChI is InChI=1S/C22H13NO2/c24-23(25)19-12-9-16(10-13-19)11-14-22-20-7-3-1-5-17(20)15-18-6-2-4-8-21(18)22/h1-10,12-13,15H. The minimum absolute atomic E-state index is 0.0705. The molecule has 3 nitrogen and oxygen atoms in total. The van der Waals surface area contributed by atoms with Gasteiger partial charge in [0.05, 0.1) is 4.92 Å². The second kappa shape index (κ2) is 6.10. The minimum atomic E-state index is -0.407. The Labute approximate surface area is 144 Å². The van der Waals surface area contributed by atoms with Crippen molar-refractivity contribution in [2.24, 2.45) is 0 Å². The summed E-state index contributed by atoms with van der Waals surface area (Å²) in [6.45, 7) is 0. The van der Waals surface area contributed by atoms with E-state index in [0.717, 1.165) is 32.7 Å². The zero-order chi connectivity index (χ0) is 17.2. The van der Waals surface area contributed by atoms with Gasteiger partial charge in [-0.2, -0.15) is 0 Å². The molecular weight excluding hydrogens is 310 g/mol. The Bertz CT molecular complexity index is 1110. The van der Waals surface area contributed by atoms with Gasteiger partial charge in [-0.3, -0.25) is 10.1 Å². The minimum Gasteiger partial charge on any atom is -0.258 e. The number of fused-ring (bicyclic) bond motifs is 2. The van der Waals surface area contributed by atoms with Crippen molar-refractivity contribution in [2.45, 2.75) is 0 Å². The van der Waals surface area contributed by atoms with Gasteiger partial charge >= 0.3 is 0 Å². The Kier molecular flexibility index (Phi) is 3.64. The van der Waals surface area contributed by atoms with E-state index in [9.17, 15) is 10.1 Å². The third-order valence-electron chi connectivity index (χ3n) is 4.18. The van der Waals surface area contributed by atoms with E-state index in [1.54, 1.807) is 12.1 Å². The molecule has 4 rings (SSSR count). The molecule has 0 aliphatic heterocycles. The fourth-order valence-electron chi connectivity index (χ4n) is 2.95. The van der Waals surface area contributed by atoms with Gasteiger partial charge in [0.25, 0.3) is 5.69 Å². The van der Waals surface area contributed by atoms with Gasteiger partial charge < -0.3 is 0 Å². The molecule has 0 heterocycles. The average molecular weight is 323 g/mol. The van der Waals surface area contributed by atoms with Crippen LogP contribution >= 0.6 is 0 Å². The molecule has 0 N–H and O–H groups in total. The van der Waals surface area contributed by atoms with Crippen LogP contribution in [-0.2, 0) is 0 Å². The molecule has 25 heavy (non-hydrogen) atoms. The van der Waals surface area contributed by atoms with Crippen LogP contribution in [0.3, 0.4) is 0 Å². The molecule has 0 saturated carbocycles. The van der Waals surface area contributed by atoms with E-state index in [0.29, 0.717) is 0 Å². The Hall–Kier alpha value is -3.64. The average Bonchev–Trinajstić information content (AvgIpc) is 2.65. The molecule has 118 valence electrons.